The lowest BCUT2D eigenvalue weighted by atomic mass is 10.0. The summed E-state index contributed by atoms with van der Waals surface area (Å²) in [5.41, 5.74) is 5.06. The Morgan fingerprint density at radius 1 is 0.783 bits per heavy atom. The van der Waals surface area contributed by atoms with Crippen LogP contribution in [0.5, 0.6) is 0 Å². The summed E-state index contributed by atoms with van der Waals surface area (Å²) in [4.78, 5) is 11.2. The number of unbranched alkanes of at least 4 members (excludes halogenated alkanes) is 13. The zero-order valence-corrected chi connectivity index (χ0v) is 15.2. The second kappa shape index (κ2) is 17.5. The molecule has 0 amide bonds. The highest BCUT2D eigenvalue weighted by atomic mass is 16.5. The number of rotatable bonds is 17. The number of carbonyl (C=O) groups is 1. The molecule has 0 aliphatic carbocycles. The molecule has 0 aliphatic rings. The maximum absolute atomic E-state index is 11.2. The summed E-state index contributed by atoms with van der Waals surface area (Å²) in [6.45, 7) is 2.64. The quantitative estimate of drug-likeness (QED) is 0.224. The molecule has 0 unspecified atom stereocenters. The summed E-state index contributed by atoms with van der Waals surface area (Å²) < 4.78 is 4.96. The normalized spacial score (nSPS) is 10.7. The molecule has 0 saturated heterocycles. The van der Waals surface area contributed by atoms with Gasteiger partial charge in [-0.2, -0.15) is 0 Å². The van der Waals surface area contributed by atoms with E-state index in [0.29, 0.717) is 6.61 Å². The highest BCUT2D eigenvalue weighted by Gasteiger charge is 2.07. The van der Waals surface area contributed by atoms with Gasteiger partial charge in [0.2, 0.25) is 0 Å². The van der Waals surface area contributed by atoms with Crippen LogP contribution in [0.15, 0.2) is 0 Å². The predicted octanol–water partition coefficient (Wildman–Crippen LogP) is 4.99. The molecule has 3 N–H and O–H groups in total. The van der Waals surface area contributed by atoms with E-state index >= 15 is 0 Å². The number of carbonyl (C=O) groups excluding carboxylic acids is 1. The molecular formula is C19H38N2O2. The molecule has 0 rings (SSSR count). The first-order valence-electron chi connectivity index (χ1n) is 9.67. The summed E-state index contributed by atoms with van der Waals surface area (Å²) >= 11 is 0. The van der Waals surface area contributed by atoms with Crippen molar-refractivity contribution in [3.8, 4) is 0 Å². The third-order valence-electron chi connectivity index (χ3n) is 4.18. The van der Waals surface area contributed by atoms with Crippen molar-refractivity contribution in [1.82, 2.24) is 0 Å². The minimum absolute atomic E-state index is 0.0441. The first-order valence-corrected chi connectivity index (χ1v) is 9.67. The largest absolute Gasteiger partial charge is 0.461 e. The van der Waals surface area contributed by atoms with Gasteiger partial charge in [0.15, 0.2) is 0 Å². The Morgan fingerprint density at radius 2 is 1.17 bits per heavy atom. The average molecular weight is 327 g/mol. The van der Waals surface area contributed by atoms with Crippen LogP contribution in [-0.2, 0) is 9.53 Å². The number of ether oxygens (including phenoxy) is 1. The monoisotopic (exact) mass is 326 g/mol. The molecule has 4 nitrogen and oxygen atoms in total. The minimum Gasteiger partial charge on any atom is -0.461 e. The third kappa shape index (κ3) is 15.8. The van der Waals surface area contributed by atoms with Crippen LogP contribution in [0.4, 0.5) is 0 Å². The molecule has 0 aliphatic heterocycles. The second-order valence-electron chi connectivity index (χ2n) is 6.41. The van der Waals surface area contributed by atoms with Gasteiger partial charge in [0.25, 0.3) is 0 Å². The fourth-order valence-corrected chi connectivity index (χ4v) is 2.63. The molecule has 0 bridgehead atoms. The summed E-state index contributed by atoms with van der Waals surface area (Å²) in [5.74, 6) is -0.567. The second-order valence-corrected chi connectivity index (χ2v) is 6.41. The van der Waals surface area contributed by atoms with Gasteiger partial charge < -0.3 is 10.5 Å². The summed E-state index contributed by atoms with van der Waals surface area (Å²) in [5, 5.41) is 7.23. The number of nitrogens with one attached hydrogen (secondary N) is 1. The fourth-order valence-electron chi connectivity index (χ4n) is 2.63. The van der Waals surface area contributed by atoms with Gasteiger partial charge in [-0.3, -0.25) is 5.41 Å². The molecule has 0 heterocycles. The molecule has 0 spiro atoms. The number of esters is 1. The highest BCUT2D eigenvalue weighted by molar-refractivity contribution is 6.35. The van der Waals surface area contributed by atoms with Crippen molar-refractivity contribution in [2.45, 2.75) is 96.8 Å². The van der Waals surface area contributed by atoms with Crippen molar-refractivity contribution in [2.75, 3.05) is 13.2 Å². The number of hydrogen-bond acceptors (Lipinski definition) is 4. The summed E-state index contributed by atoms with van der Waals surface area (Å²) in [6, 6.07) is 0. The molecule has 0 fully saturated rings. The molecule has 0 radical (unpaired) electrons. The summed E-state index contributed by atoms with van der Waals surface area (Å²) in [7, 11) is 0. The highest BCUT2D eigenvalue weighted by Crippen LogP contribution is 2.12. The van der Waals surface area contributed by atoms with Crippen LogP contribution in [0.25, 0.3) is 0 Å². The fraction of sp³-hybridized carbons (Fsp3) is 0.895. The van der Waals surface area contributed by atoms with E-state index < -0.39 is 5.97 Å². The lowest BCUT2D eigenvalue weighted by Gasteiger charge is -2.05. The van der Waals surface area contributed by atoms with E-state index in [0.717, 1.165) is 12.8 Å². The minimum atomic E-state index is -0.567. The first kappa shape index (κ1) is 22.1. The smallest absolute Gasteiger partial charge is 0.353 e. The molecule has 0 saturated carbocycles. The van der Waals surface area contributed by atoms with Gasteiger partial charge in [-0.1, -0.05) is 90.4 Å². The molecular weight excluding hydrogens is 288 g/mol. The van der Waals surface area contributed by atoms with Crippen LogP contribution in [0.1, 0.15) is 96.8 Å². The van der Waals surface area contributed by atoms with Gasteiger partial charge in [-0.05, 0) is 6.42 Å². The Balaban J connectivity index is 3.11. The zero-order valence-electron chi connectivity index (χ0n) is 15.2. The molecule has 4 heteroatoms. The van der Waals surface area contributed by atoms with Gasteiger partial charge in [0, 0.05) is 6.54 Å². The lowest BCUT2D eigenvalue weighted by Crippen LogP contribution is -2.24. The standard InChI is InChI=1S/C19H38N2O2/c1-2-3-4-5-6-7-8-9-10-11-12-13-14-15-16-23-19(22)18(21)17-20/h21H,2-17,20H2,1H3. The number of hydrogen-bond donors (Lipinski definition) is 2. The zero-order chi connectivity index (χ0) is 17.2. The molecule has 136 valence electrons. The van der Waals surface area contributed by atoms with E-state index in [9.17, 15) is 4.79 Å². The van der Waals surface area contributed by atoms with Crippen LogP contribution >= 0.6 is 0 Å². The van der Waals surface area contributed by atoms with Gasteiger partial charge in [-0.15, -0.1) is 0 Å². The Hall–Kier alpha value is -0.900. The Kier molecular flexibility index (Phi) is 16.8. The van der Waals surface area contributed by atoms with Crippen molar-refractivity contribution in [2.24, 2.45) is 5.73 Å². The number of nitrogens with two attached hydrogens (primary N) is 1. The topological polar surface area (TPSA) is 76.2 Å². The van der Waals surface area contributed by atoms with E-state index in [2.05, 4.69) is 6.92 Å². The van der Waals surface area contributed by atoms with Gasteiger partial charge in [0.05, 0.1) is 6.61 Å². The van der Waals surface area contributed by atoms with E-state index in [1.165, 1.54) is 77.0 Å². The van der Waals surface area contributed by atoms with Gasteiger partial charge in [0.1, 0.15) is 5.71 Å². The van der Waals surface area contributed by atoms with Crippen molar-refractivity contribution in [3.63, 3.8) is 0 Å². The SMILES string of the molecule is CCCCCCCCCCCCCCCCOC(=O)C(=N)CN. The van der Waals surface area contributed by atoms with Gasteiger partial charge in [-0.25, -0.2) is 4.79 Å². The van der Waals surface area contributed by atoms with Crippen molar-refractivity contribution in [3.05, 3.63) is 0 Å². The Morgan fingerprint density at radius 3 is 1.57 bits per heavy atom. The molecule has 0 atom stereocenters. The molecule has 0 aromatic carbocycles. The van der Waals surface area contributed by atoms with Crippen LogP contribution < -0.4 is 5.73 Å². The lowest BCUT2D eigenvalue weighted by molar-refractivity contribution is -0.135. The Labute approximate surface area is 143 Å². The maximum Gasteiger partial charge on any atom is 0.353 e. The van der Waals surface area contributed by atoms with Crippen LogP contribution in [-0.4, -0.2) is 24.8 Å². The molecule has 23 heavy (non-hydrogen) atoms. The summed E-state index contributed by atoms with van der Waals surface area (Å²) in [6.07, 6.45) is 18.3. The van der Waals surface area contributed by atoms with Crippen LogP contribution in [0.3, 0.4) is 0 Å². The Bertz CT molecular complexity index is 293. The van der Waals surface area contributed by atoms with E-state index in [-0.39, 0.29) is 12.3 Å². The predicted molar refractivity (Wildman–Crippen MR) is 98.1 cm³/mol. The molecule has 0 aromatic heterocycles. The first-order chi connectivity index (χ1) is 11.2. The van der Waals surface area contributed by atoms with E-state index in [1.54, 1.807) is 0 Å². The van der Waals surface area contributed by atoms with E-state index in [1.807, 2.05) is 0 Å². The average Bonchev–Trinajstić information content (AvgIpc) is 2.57. The van der Waals surface area contributed by atoms with Crippen molar-refractivity contribution < 1.29 is 9.53 Å². The third-order valence-corrected chi connectivity index (χ3v) is 4.18. The molecule has 0 aromatic rings. The van der Waals surface area contributed by atoms with Crippen molar-refractivity contribution >= 4 is 11.7 Å². The van der Waals surface area contributed by atoms with Crippen LogP contribution in [0.2, 0.25) is 0 Å². The van der Waals surface area contributed by atoms with Crippen molar-refractivity contribution in [1.29, 1.82) is 5.41 Å². The van der Waals surface area contributed by atoms with Crippen LogP contribution in [0, 0.1) is 5.41 Å². The van der Waals surface area contributed by atoms with E-state index in [4.69, 9.17) is 15.9 Å². The van der Waals surface area contributed by atoms with Gasteiger partial charge >= 0.3 is 5.97 Å². The maximum atomic E-state index is 11.2.